The maximum absolute atomic E-state index is 14.2. The third-order valence-electron chi connectivity index (χ3n) is 5.74. The Morgan fingerprint density at radius 1 is 0.793 bits per heavy atom. The molecule has 0 aromatic heterocycles. The molecular weight excluding hydrogens is 386 g/mol. The predicted molar refractivity (Wildman–Crippen MR) is 113 cm³/mol. The van der Waals surface area contributed by atoms with Gasteiger partial charge in [0, 0.05) is 4.90 Å². The molecule has 1 saturated carbocycles. The van der Waals surface area contributed by atoms with Crippen LogP contribution in [0, 0.1) is 11.6 Å². The average Bonchev–Trinajstić information content (AvgIpc) is 2.77. The molecule has 0 radical (unpaired) electrons. The summed E-state index contributed by atoms with van der Waals surface area (Å²) in [6.07, 6.45) is 5.50. The molecule has 0 bridgehead atoms. The zero-order chi connectivity index (χ0) is 20.2. The Bertz CT molecular complexity index is 979. The van der Waals surface area contributed by atoms with Crippen LogP contribution in [0.1, 0.15) is 60.0 Å². The van der Waals surface area contributed by atoms with Gasteiger partial charge >= 0.3 is 0 Å². The van der Waals surface area contributed by atoms with Gasteiger partial charge in [0.05, 0.1) is 16.0 Å². The molecule has 29 heavy (non-hydrogen) atoms. The molecule has 3 aromatic carbocycles. The summed E-state index contributed by atoms with van der Waals surface area (Å²) < 4.78 is 41.5. The van der Waals surface area contributed by atoms with Crippen molar-refractivity contribution in [1.29, 1.82) is 0 Å². The van der Waals surface area contributed by atoms with Crippen molar-refractivity contribution < 1.29 is 13.0 Å². The first-order valence-corrected chi connectivity index (χ1v) is 11.4. The number of halogens is 2. The van der Waals surface area contributed by atoms with E-state index in [1.54, 1.807) is 24.3 Å². The van der Waals surface area contributed by atoms with Crippen molar-refractivity contribution in [3.8, 4) is 0 Å². The van der Waals surface area contributed by atoms with Crippen LogP contribution in [0.2, 0.25) is 0 Å². The topological polar surface area (TPSA) is 17.1 Å². The Labute approximate surface area is 173 Å². The summed E-state index contributed by atoms with van der Waals surface area (Å²) in [7, 11) is -1.40. The van der Waals surface area contributed by atoms with Gasteiger partial charge in [-0.15, -0.1) is 0 Å². The zero-order valence-electron chi connectivity index (χ0n) is 16.2. The van der Waals surface area contributed by atoms with E-state index in [4.69, 9.17) is 0 Å². The van der Waals surface area contributed by atoms with Crippen LogP contribution in [-0.2, 0) is 10.8 Å². The molecule has 1 aliphatic rings. The fraction of sp³-hybridized carbons (Fsp3) is 0.280. The minimum Gasteiger partial charge on any atom is -0.253 e. The van der Waals surface area contributed by atoms with Crippen LogP contribution >= 0.6 is 0 Å². The third kappa shape index (κ3) is 4.48. The van der Waals surface area contributed by atoms with Gasteiger partial charge in [-0.2, -0.15) is 0 Å². The van der Waals surface area contributed by atoms with Crippen LogP contribution in [0.15, 0.2) is 77.7 Å². The second kappa shape index (κ2) is 9.00. The molecule has 0 heterocycles. The van der Waals surface area contributed by atoms with E-state index in [1.807, 2.05) is 30.3 Å². The molecule has 4 heteroatoms. The number of benzene rings is 3. The second-order valence-electron chi connectivity index (χ2n) is 7.65. The standard InChI is InChI=1S/C25H24F2OS/c26-20-13-11-19(12-14-20)25(29(28)22-9-5-2-6-10-22)23-16-15-21(27)17-24(23)18-7-3-1-4-8-18/h2,5-6,9-18,25H,1,3-4,7-8H2. The van der Waals surface area contributed by atoms with Crippen molar-refractivity contribution in [2.45, 2.75) is 48.2 Å². The molecule has 4 rings (SSSR count). The fourth-order valence-corrected chi connectivity index (χ4v) is 5.85. The Hall–Kier alpha value is -2.33. The van der Waals surface area contributed by atoms with Crippen LogP contribution in [0.3, 0.4) is 0 Å². The lowest BCUT2D eigenvalue weighted by atomic mass is 9.81. The molecule has 1 nitrogen and oxygen atoms in total. The lowest BCUT2D eigenvalue weighted by Crippen LogP contribution is -2.15. The van der Waals surface area contributed by atoms with Crippen molar-refractivity contribution in [3.63, 3.8) is 0 Å². The van der Waals surface area contributed by atoms with E-state index in [9.17, 15) is 13.0 Å². The summed E-state index contributed by atoms with van der Waals surface area (Å²) in [6, 6.07) is 20.3. The highest BCUT2D eigenvalue weighted by Gasteiger charge is 2.28. The maximum atomic E-state index is 14.2. The molecule has 2 unspecified atom stereocenters. The number of rotatable bonds is 5. The van der Waals surface area contributed by atoms with E-state index in [0.29, 0.717) is 4.90 Å². The first-order chi connectivity index (χ1) is 14.1. The first-order valence-electron chi connectivity index (χ1n) is 10.1. The minimum absolute atomic E-state index is 0.266. The van der Waals surface area contributed by atoms with Gasteiger partial charge in [0.25, 0.3) is 0 Å². The van der Waals surface area contributed by atoms with Crippen molar-refractivity contribution in [2.75, 3.05) is 0 Å². The van der Waals surface area contributed by atoms with Crippen molar-refractivity contribution in [2.24, 2.45) is 0 Å². The highest BCUT2D eigenvalue weighted by molar-refractivity contribution is 7.85. The predicted octanol–water partition coefficient (Wildman–Crippen LogP) is 6.91. The summed E-state index contributed by atoms with van der Waals surface area (Å²) in [6.45, 7) is 0. The summed E-state index contributed by atoms with van der Waals surface area (Å²) in [5, 5.41) is -0.476. The van der Waals surface area contributed by atoms with Gasteiger partial charge in [-0.3, -0.25) is 4.21 Å². The van der Waals surface area contributed by atoms with E-state index in [0.717, 1.165) is 42.4 Å². The molecule has 150 valence electrons. The number of hydrogen-bond donors (Lipinski definition) is 0. The third-order valence-corrected chi connectivity index (χ3v) is 7.43. The molecule has 0 amide bonds. The smallest absolute Gasteiger partial charge is 0.123 e. The SMILES string of the molecule is O=S(c1ccccc1)C(c1ccc(F)cc1)c1ccc(F)cc1C1CCCCC1. The maximum Gasteiger partial charge on any atom is 0.123 e. The molecule has 2 atom stereocenters. The van der Waals surface area contributed by atoms with E-state index >= 15 is 0 Å². The molecule has 1 fully saturated rings. The quantitative estimate of drug-likeness (QED) is 0.447. The zero-order valence-corrected chi connectivity index (χ0v) is 17.0. The van der Waals surface area contributed by atoms with E-state index < -0.39 is 16.0 Å². The Balaban J connectivity index is 1.85. The van der Waals surface area contributed by atoms with E-state index in [-0.39, 0.29) is 17.6 Å². The van der Waals surface area contributed by atoms with E-state index in [1.165, 1.54) is 24.6 Å². The molecule has 0 N–H and O–H groups in total. The monoisotopic (exact) mass is 410 g/mol. The highest BCUT2D eigenvalue weighted by Crippen LogP contribution is 2.41. The van der Waals surface area contributed by atoms with Crippen LogP contribution in [0.5, 0.6) is 0 Å². The fourth-order valence-electron chi connectivity index (χ4n) is 4.30. The van der Waals surface area contributed by atoms with Gasteiger partial charge < -0.3 is 0 Å². The largest absolute Gasteiger partial charge is 0.253 e. The van der Waals surface area contributed by atoms with Crippen LogP contribution in [0.4, 0.5) is 8.78 Å². The van der Waals surface area contributed by atoms with Gasteiger partial charge in [0.15, 0.2) is 0 Å². The Kier molecular flexibility index (Phi) is 6.19. The second-order valence-corrected chi connectivity index (χ2v) is 9.19. The molecular formula is C25H24F2OS. The Morgan fingerprint density at radius 2 is 1.45 bits per heavy atom. The summed E-state index contributed by atoms with van der Waals surface area (Å²) >= 11 is 0. The van der Waals surface area contributed by atoms with Gasteiger partial charge in [-0.1, -0.05) is 55.7 Å². The summed E-state index contributed by atoms with van der Waals surface area (Å²) in [5.41, 5.74) is 2.60. The van der Waals surface area contributed by atoms with Gasteiger partial charge in [-0.25, -0.2) is 8.78 Å². The molecule has 0 aliphatic heterocycles. The average molecular weight is 411 g/mol. The molecule has 3 aromatic rings. The normalized spacial score (nSPS) is 17.0. The van der Waals surface area contributed by atoms with Crippen molar-refractivity contribution in [3.05, 3.63) is 101 Å². The van der Waals surface area contributed by atoms with Crippen LogP contribution in [-0.4, -0.2) is 4.21 Å². The summed E-state index contributed by atoms with van der Waals surface area (Å²) in [4.78, 5) is 0.709. The summed E-state index contributed by atoms with van der Waals surface area (Å²) in [5.74, 6) is -0.326. The molecule has 0 spiro atoms. The van der Waals surface area contributed by atoms with Crippen molar-refractivity contribution in [1.82, 2.24) is 0 Å². The van der Waals surface area contributed by atoms with Gasteiger partial charge in [0.1, 0.15) is 11.6 Å². The lowest BCUT2D eigenvalue weighted by molar-refractivity contribution is 0.440. The van der Waals surface area contributed by atoms with Gasteiger partial charge in [-0.05, 0) is 71.8 Å². The number of hydrogen-bond acceptors (Lipinski definition) is 1. The molecule has 0 saturated heterocycles. The molecule has 1 aliphatic carbocycles. The van der Waals surface area contributed by atoms with Gasteiger partial charge in [0.2, 0.25) is 0 Å². The Morgan fingerprint density at radius 3 is 2.14 bits per heavy atom. The highest BCUT2D eigenvalue weighted by atomic mass is 32.2. The minimum atomic E-state index is -1.40. The lowest BCUT2D eigenvalue weighted by Gasteiger charge is -2.28. The van der Waals surface area contributed by atoms with Crippen LogP contribution in [0.25, 0.3) is 0 Å². The van der Waals surface area contributed by atoms with Crippen LogP contribution < -0.4 is 0 Å². The first kappa shape index (κ1) is 20.0. The van der Waals surface area contributed by atoms with E-state index in [2.05, 4.69) is 0 Å². The van der Waals surface area contributed by atoms with Crippen molar-refractivity contribution >= 4 is 10.8 Å².